The van der Waals surface area contributed by atoms with Crippen molar-refractivity contribution in [3.8, 4) is 34.2 Å². The molecular formula is C47H34N4. The molecule has 2 atom stereocenters. The molecule has 0 fully saturated rings. The summed E-state index contributed by atoms with van der Waals surface area (Å²) in [6.07, 6.45) is 4.76. The Kier molecular flexibility index (Phi) is 6.81. The molecule has 4 nitrogen and oxygen atoms in total. The van der Waals surface area contributed by atoms with Crippen molar-refractivity contribution in [1.82, 2.24) is 19.1 Å². The van der Waals surface area contributed by atoms with Gasteiger partial charge in [0.2, 0.25) is 5.95 Å². The van der Waals surface area contributed by atoms with Gasteiger partial charge in [-0.25, -0.2) is 9.97 Å². The van der Waals surface area contributed by atoms with E-state index in [-0.39, 0.29) is 11.8 Å². The van der Waals surface area contributed by atoms with Crippen LogP contribution in [0.3, 0.4) is 0 Å². The highest BCUT2D eigenvalue weighted by Gasteiger charge is 2.30. The number of nitrogens with zero attached hydrogens (tertiary/aromatic N) is 4. The largest absolute Gasteiger partial charge is 0.313 e. The molecule has 0 aliphatic heterocycles. The molecule has 1 aliphatic carbocycles. The van der Waals surface area contributed by atoms with Gasteiger partial charge in [0.25, 0.3) is 0 Å². The molecule has 3 aromatic heterocycles. The predicted octanol–water partition coefficient (Wildman–Crippen LogP) is 11.8. The number of hydrogen-bond acceptors (Lipinski definition) is 2. The lowest BCUT2D eigenvalue weighted by atomic mass is 9.79. The van der Waals surface area contributed by atoms with E-state index in [1.807, 2.05) is 12.1 Å². The van der Waals surface area contributed by atoms with Gasteiger partial charge in [0.1, 0.15) is 0 Å². The molecule has 1 aliphatic rings. The van der Waals surface area contributed by atoms with Crippen molar-refractivity contribution >= 4 is 38.8 Å². The Labute approximate surface area is 296 Å². The van der Waals surface area contributed by atoms with Gasteiger partial charge in [-0.15, -0.1) is 0 Å². The minimum Gasteiger partial charge on any atom is -0.313 e. The van der Waals surface area contributed by atoms with Gasteiger partial charge in [0.05, 0.1) is 27.9 Å². The Bertz CT molecular complexity index is 2700. The van der Waals surface area contributed by atoms with Crippen LogP contribution in [0.15, 0.2) is 170 Å². The summed E-state index contributed by atoms with van der Waals surface area (Å²) in [5.41, 5.74) is 12.5. The third kappa shape index (κ3) is 4.75. The van der Waals surface area contributed by atoms with Gasteiger partial charge in [-0.2, -0.15) is 0 Å². The third-order valence-electron chi connectivity index (χ3n) is 10.5. The second kappa shape index (κ2) is 11.8. The van der Waals surface area contributed by atoms with Crippen LogP contribution in [0.1, 0.15) is 35.6 Å². The second-order valence-electron chi connectivity index (χ2n) is 13.5. The average molecular weight is 655 g/mol. The number of aromatic nitrogens is 4. The standard InChI is InChI=1S/C47H34N4/c1-31-36(26-27-39-37-21-11-13-23-43(37)50(46(31)39)35-19-9-4-10-20-35)34-25-28-45-40(29-34)38-22-12-14-24-44(38)51(45)47-48-41(32-15-5-2-6-16-32)30-42(49-47)33-17-7-3-8-18-33/h2-31,36H,1H3/t31-,36?/m0/s1. The van der Waals surface area contributed by atoms with E-state index in [1.54, 1.807) is 0 Å². The maximum atomic E-state index is 5.22. The van der Waals surface area contributed by atoms with E-state index in [9.17, 15) is 0 Å². The zero-order valence-corrected chi connectivity index (χ0v) is 28.2. The number of para-hydroxylation sites is 3. The van der Waals surface area contributed by atoms with Crippen molar-refractivity contribution in [2.45, 2.75) is 18.8 Å². The molecule has 1 unspecified atom stereocenters. The molecule has 0 radical (unpaired) electrons. The lowest BCUT2D eigenvalue weighted by molar-refractivity contribution is 0.640. The van der Waals surface area contributed by atoms with Gasteiger partial charge in [-0.3, -0.25) is 4.57 Å². The van der Waals surface area contributed by atoms with Gasteiger partial charge in [-0.1, -0.05) is 140 Å². The summed E-state index contributed by atoms with van der Waals surface area (Å²) in [6.45, 7) is 2.38. The molecule has 0 saturated carbocycles. The zero-order valence-electron chi connectivity index (χ0n) is 28.2. The van der Waals surface area contributed by atoms with E-state index in [2.05, 4.69) is 180 Å². The van der Waals surface area contributed by atoms with E-state index in [4.69, 9.17) is 9.97 Å². The van der Waals surface area contributed by atoms with E-state index < -0.39 is 0 Å². The maximum absolute atomic E-state index is 5.22. The molecular weight excluding hydrogens is 621 g/mol. The fourth-order valence-electron chi connectivity index (χ4n) is 8.16. The van der Waals surface area contributed by atoms with Crippen molar-refractivity contribution in [3.63, 3.8) is 0 Å². The molecule has 10 rings (SSSR count). The van der Waals surface area contributed by atoms with Gasteiger partial charge < -0.3 is 4.57 Å². The van der Waals surface area contributed by atoms with Crippen molar-refractivity contribution < 1.29 is 0 Å². The molecule has 0 saturated heterocycles. The van der Waals surface area contributed by atoms with Crippen LogP contribution in [0.2, 0.25) is 0 Å². The van der Waals surface area contributed by atoms with E-state index in [1.165, 1.54) is 44.2 Å². The highest BCUT2D eigenvalue weighted by atomic mass is 15.2. The van der Waals surface area contributed by atoms with Crippen LogP contribution in [0, 0.1) is 0 Å². The van der Waals surface area contributed by atoms with Crippen molar-refractivity contribution in [2.24, 2.45) is 0 Å². The van der Waals surface area contributed by atoms with Gasteiger partial charge in [0.15, 0.2) is 0 Å². The fraction of sp³-hybridized carbons (Fsp3) is 0.0638. The van der Waals surface area contributed by atoms with Crippen LogP contribution in [0.25, 0.3) is 72.9 Å². The van der Waals surface area contributed by atoms with Gasteiger partial charge >= 0.3 is 0 Å². The maximum Gasteiger partial charge on any atom is 0.235 e. The molecule has 0 N–H and O–H groups in total. The van der Waals surface area contributed by atoms with Crippen molar-refractivity contribution in [3.05, 3.63) is 187 Å². The number of benzene rings is 6. The van der Waals surface area contributed by atoms with Crippen LogP contribution in [0.4, 0.5) is 0 Å². The average Bonchev–Trinajstić information content (AvgIpc) is 3.72. The molecule has 0 amide bonds. The molecule has 242 valence electrons. The molecule has 0 spiro atoms. The van der Waals surface area contributed by atoms with Crippen molar-refractivity contribution in [2.75, 3.05) is 0 Å². The summed E-state index contributed by atoms with van der Waals surface area (Å²) in [4.78, 5) is 10.4. The summed E-state index contributed by atoms with van der Waals surface area (Å²) in [7, 11) is 0. The normalized spacial score (nSPS) is 15.5. The van der Waals surface area contributed by atoms with Gasteiger partial charge in [0, 0.05) is 56.1 Å². The molecule has 3 heterocycles. The van der Waals surface area contributed by atoms with E-state index in [0.717, 1.165) is 33.5 Å². The van der Waals surface area contributed by atoms with Gasteiger partial charge in [-0.05, 0) is 48.0 Å². The second-order valence-corrected chi connectivity index (χ2v) is 13.5. The topological polar surface area (TPSA) is 35.6 Å². The third-order valence-corrected chi connectivity index (χ3v) is 10.5. The molecule has 0 bridgehead atoms. The monoisotopic (exact) mass is 654 g/mol. The van der Waals surface area contributed by atoms with Crippen molar-refractivity contribution in [1.29, 1.82) is 0 Å². The molecule has 6 aromatic carbocycles. The Balaban J connectivity index is 1.14. The first-order chi connectivity index (χ1) is 25.2. The smallest absolute Gasteiger partial charge is 0.235 e. The fourth-order valence-corrected chi connectivity index (χ4v) is 8.16. The zero-order chi connectivity index (χ0) is 33.9. The lowest BCUT2D eigenvalue weighted by Gasteiger charge is -2.28. The Morgan fingerprint density at radius 3 is 1.71 bits per heavy atom. The molecule has 51 heavy (non-hydrogen) atoms. The summed E-state index contributed by atoms with van der Waals surface area (Å²) in [5, 5.41) is 3.69. The quantitative estimate of drug-likeness (QED) is 0.185. The number of hydrogen-bond donors (Lipinski definition) is 0. The highest BCUT2D eigenvalue weighted by molar-refractivity contribution is 6.09. The number of allylic oxidation sites excluding steroid dienone is 1. The predicted molar refractivity (Wildman–Crippen MR) is 211 cm³/mol. The number of rotatable bonds is 5. The Morgan fingerprint density at radius 2 is 1.04 bits per heavy atom. The first kappa shape index (κ1) is 29.4. The Morgan fingerprint density at radius 1 is 0.490 bits per heavy atom. The van der Waals surface area contributed by atoms with Crippen LogP contribution < -0.4 is 0 Å². The van der Waals surface area contributed by atoms with E-state index >= 15 is 0 Å². The Hall–Kier alpha value is -6.52. The first-order valence-corrected chi connectivity index (χ1v) is 17.6. The van der Waals surface area contributed by atoms with Crippen LogP contribution in [-0.4, -0.2) is 19.1 Å². The molecule has 9 aromatic rings. The van der Waals surface area contributed by atoms with E-state index in [0.29, 0.717) is 5.95 Å². The lowest BCUT2D eigenvalue weighted by Crippen LogP contribution is -2.14. The summed E-state index contributed by atoms with van der Waals surface area (Å²) in [5.74, 6) is 1.12. The minimum absolute atomic E-state index is 0.207. The summed E-state index contributed by atoms with van der Waals surface area (Å²) in [6, 6.07) is 58.1. The molecule has 4 heteroatoms. The van der Waals surface area contributed by atoms with Crippen LogP contribution in [-0.2, 0) is 0 Å². The first-order valence-electron chi connectivity index (χ1n) is 17.6. The highest BCUT2D eigenvalue weighted by Crippen LogP contribution is 2.46. The number of fused-ring (bicyclic) bond motifs is 6. The summed E-state index contributed by atoms with van der Waals surface area (Å²) < 4.78 is 4.70. The summed E-state index contributed by atoms with van der Waals surface area (Å²) >= 11 is 0. The minimum atomic E-state index is 0.207. The van der Waals surface area contributed by atoms with Crippen LogP contribution in [0.5, 0.6) is 0 Å². The van der Waals surface area contributed by atoms with Crippen LogP contribution >= 0.6 is 0 Å². The SMILES string of the molecule is C[C@@H]1c2c(c3ccccc3n2-c2ccccc2)C=CC1c1ccc2c(c1)c1ccccc1n2-c1nc(-c2ccccc2)cc(-c2ccccc2)n1.